The highest BCUT2D eigenvalue weighted by Gasteiger charge is 2.62. The molecule has 0 spiro atoms. The largest absolute Gasteiger partial charge is 0.393 e. The fourth-order valence-electron chi connectivity index (χ4n) is 7.17. The summed E-state index contributed by atoms with van der Waals surface area (Å²) in [6.07, 6.45) is 7.45. The summed E-state index contributed by atoms with van der Waals surface area (Å²) in [4.78, 5) is 0. The van der Waals surface area contributed by atoms with Crippen LogP contribution in [0.15, 0.2) is 0 Å². The topological polar surface area (TPSA) is 60.7 Å². The first kappa shape index (κ1) is 15.4. The van der Waals surface area contributed by atoms with E-state index in [0.29, 0.717) is 23.7 Å². The fourth-order valence-corrected chi connectivity index (χ4v) is 7.17. The van der Waals surface area contributed by atoms with E-state index in [4.69, 9.17) is 0 Å². The van der Waals surface area contributed by atoms with E-state index in [1.54, 1.807) is 0 Å². The molecule has 0 aliphatic heterocycles. The van der Waals surface area contributed by atoms with Crippen LogP contribution in [0.1, 0.15) is 65.2 Å². The van der Waals surface area contributed by atoms with Crippen molar-refractivity contribution in [3.05, 3.63) is 0 Å². The van der Waals surface area contributed by atoms with E-state index in [1.807, 2.05) is 0 Å². The first-order valence-electron chi connectivity index (χ1n) is 9.40. The number of hydrogen-bond acceptors (Lipinski definition) is 3. The third-order valence-corrected chi connectivity index (χ3v) is 8.61. The van der Waals surface area contributed by atoms with Gasteiger partial charge in [-0.2, -0.15) is 0 Å². The Bertz CT molecular complexity index is 452. The van der Waals surface area contributed by atoms with Crippen LogP contribution in [-0.4, -0.2) is 33.6 Å². The first-order valence-corrected chi connectivity index (χ1v) is 9.40. The Hall–Kier alpha value is -0.120. The van der Waals surface area contributed by atoms with Gasteiger partial charge in [-0.1, -0.05) is 13.8 Å². The normalized spacial score (nSPS) is 61.2. The van der Waals surface area contributed by atoms with Gasteiger partial charge in [0.2, 0.25) is 0 Å². The van der Waals surface area contributed by atoms with Gasteiger partial charge >= 0.3 is 0 Å². The molecule has 0 saturated heterocycles. The van der Waals surface area contributed by atoms with Crippen molar-refractivity contribution >= 4 is 0 Å². The molecule has 126 valence electrons. The van der Waals surface area contributed by atoms with Crippen molar-refractivity contribution in [1.82, 2.24) is 0 Å². The average molecular weight is 308 g/mol. The SMILES string of the molecule is CC12CCC3C(C(O)CC4CC(O)CCC43C)C1CCC2O. The highest BCUT2D eigenvalue weighted by Crippen LogP contribution is 2.66. The second kappa shape index (κ2) is 4.94. The maximum atomic E-state index is 10.9. The number of rotatable bonds is 0. The van der Waals surface area contributed by atoms with Gasteiger partial charge in [0.1, 0.15) is 0 Å². The van der Waals surface area contributed by atoms with Crippen LogP contribution in [0.2, 0.25) is 0 Å². The van der Waals surface area contributed by atoms with Crippen LogP contribution in [0, 0.1) is 34.5 Å². The summed E-state index contributed by atoms with van der Waals surface area (Å²) in [7, 11) is 0. The standard InChI is InChI=1S/C19H32O3/c1-18-7-5-12(20)9-11(18)10-15(21)17-13-3-4-16(22)19(13,2)8-6-14(17)18/h11-17,20-22H,3-10H2,1-2H3. The number of fused-ring (bicyclic) bond motifs is 5. The van der Waals surface area contributed by atoms with Crippen molar-refractivity contribution in [2.45, 2.75) is 83.5 Å². The molecule has 0 heterocycles. The molecule has 9 unspecified atom stereocenters. The quantitative estimate of drug-likeness (QED) is 0.645. The summed E-state index contributed by atoms with van der Waals surface area (Å²) in [6, 6.07) is 0. The molecule has 22 heavy (non-hydrogen) atoms. The molecule has 0 radical (unpaired) electrons. The van der Waals surface area contributed by atoms with Gasteiger partial charge in [-0.15, -0.1) is 0 Å². The monoisotopic (exact) mass is 308 g/mol. The molecule has 0 amide bonds. The van der Waals surface area contributed by atoms with Gasteiger partial charge < -0.3 is 15.3 Å². The smallest absolute Gasteiger partial charge is 0.0596 e. The van der Waals surface area contributed by atoms with Gasteiger partial charge in [-0.25, -0.2) is 0 Å². The molecule has 4 aliphatic carbocycles. The zero-order valence-electron chi connectivity index (χ0n) is 14.0. The molecule has 0 aromatic heterocycles. The highest BCUT2D eigenvalue weighted by molar-refractivity contribution is 5.11. The van der Waals surface area contributed by atoms with E-state index in [2.05, 4.69) is 13.8 Å². The molecular weight excluding hydrogens is 276 g/mol. The second-order valence-corrected chi connectivity index (χ2v) is 9.36. The number of aliphatic hydroxyl groups is 3. The average Bonchev–Trinajstić information content (AvgIpc) is 2.77. The maximum absolute atomic E-state index is 10.9. The van der Waals surface area contributed by atoms with Gasteiger partial charge in [-0.3, -0.25) is 0 Å². The molecule has 4 saturated carbocycles. The Morgan fingerprint density at radius 1 is 0.773 bits per heavy atom. The summed E-state index contributed by atoms with van der Waals surface area (Å²) in [5.41, 5.74) is 0.317. The first-order chi connectivity index (χ1) is 10.4. The summed E-state index contributed by atoms with van der Waals surface area (Å²) < 4.78 is 0. The molecule has 3 heteroatoms. The van der Waals surface area contributed by atoms with E-state index < -0.39 is 0 Å². The molecule has 3 N–H and O–H groups in total. The Morgan fingerprint density at radius 2 is 1.45 bits per heavy atom. The predicted molar refractivity (Wildman–Crippen MR) is 85.1 cm³/mol. The van der Waals surface area contributed by atoms with Crippen LogP contribution in [-0.2, 0) is 0 Å². The molecule has 9 atom stereocenters. The van der Waals surface area contributed by atoms with Crippen LogP contribution in [0.25, 0.3) is 0 Å². The predicted octanol–water partition coefficient (Wildman–Crippen LogP) is 2.72. The van der Waals surface area contributed by atoms with Crippen molar-refractivity contribution in [3.63, 3.8) is 0 Å². The molecule has 3 nitrogen and oxygen atoms in total. The van der Waals surface area contributed by atoms with Crippen LogP contribution >= 0.6 is 0 Å². The molecule has 0 bridgehead atoms. The maximum Gasteiger partial charge on any atom is 0.0596 e. The lowest BCUT2D eigenvalue weighted by Gasteiger charge is -2.62. The van der Waals surface area contributed by atoms with Crippen LogP contribution in [0.5, 0.6) is 0 Å². The fraction of sp³-hybridized carbons (Fsp3) is 1.00. The molecular formula is C19H32O3. The Labute approximate surface area is 134 Å². The third kappa shape index (κ3) is 1.91. The molecule has 0 aromatic rings. The summed E-state index contributed by atoms with van der Waals surface area (Å²) in [5.74, 6) is 1.91. The summed E-state index contributed by atoms with van der Waals surface area (Å²) >= 11 is 0. The van der Waals surface area contributed by atoms with Gasteiger partial charge in [-0.05, 0) is 85.9 Å². The van der Waals surface area contributed by atoms with E-state index in [-0.39, 0.29) is 29.1 Å². The molecule has 0 aromatic carbocycles. The summed E-state index contributed by atoms with van der Waals surface area (Å²) in [5, 5.41) is 31.5. The Kier molecular flexibility index (Phi) is 3.46. The third-order valence-electron chi connectivity index (χ3n) is 8.61. The van der Waals surface area contributed by atoms with E-state index in [9.17, 15) is 15.3 Å². The van der Waals surface area contributed by atoms with Crippen LogP contribution in [0.3, 0.4) is 0 Å². The molecule has 4 rings (SSSR count). The zero-order valence-corrected chi connectivity index (χ0v) is 14.0. The highest BCUT2D eigenvalue weighted by atomic mass is 16.3. The van der Waals surface area contributed by atoms with Gasteiger partial charge in [0.25, 0.3) is 0 Å². The summed E-state index contributed by atoms with van der Waals surface area (Å²) in [6.45, 7) is 4.69. The second-order valence-electron chi connectivity index (χ2n) is 9.36. The lowest BCUT2D eigenvalue weighted by molar-refractivity contribution is -0.176. The Morgan fingerprint density at radius 3 is 2.23 bits per heavy atom. The van der Waals surface area contributed by atoms with Gasteiger partial charge in [0.15, 0.2) is 0 Å². The van der Waals surface area contributed by atoms with Crippen molar-refractivity contribution in [2.24, 2.45) is 34.5 Å². The zero-order chi connectivity index (χ0) is 15.7. The molecule has 4 aliphatic rings. The van der Waals surface area contributed by atoms with Crippen molar-refractivity contribution in [3.8, 4) is 0 Å². The Balaban J connectivity index is 1.67. The van der Waals surface area contributed by atoms with E-state index >= 15 is 0 Å². The van der Waals surface area contributed by atoms with Crippen molar-refractivity contribution in [1.29, 1.82) is 0 Å². The van der Waals surface area contributed by atoms with Crippen LogP contribution < -0.4 is 0 Å². The lowest BCUT2D eigenvalue weighted by atomic mass is 9.44. The minimum atomic E-state index is -0.233. The van der Waals surface area contributed by atoms with E-state index in [0.717, 1.165) is 51.4 Å². The van der Waals surface area contributed by atoms with Crippen LogP contribution in [0.4, 0.5) is 0 Å². The van der Waals surface area contributed by atoms with Gasteiger partial charge in [0.05, 0.1) is 18.3 Å². The van der Waals surface area contributed by atoms with E-state index in [1.165, 1.54) is 0 Å². The lowest BCUT2D eigenvalue weighted by Crippen LogP contribution is -2.58. The van der Waals surface area contributed by atoms with Crippen molar-refractivity contribution < 1.29 is 15.3 Å². The minimum Gasteiger partial charge on any atom is -0.393 e. The number of hydrogen-bond donors (Lipinski definition) is 3. The number of aliphatic hydroxyl groups excluding tert-OH is 3. The molecule has 4 fully saturated rings. The van der Waals surface area contributed by atoms with Gasteiger partial charge in [0, 0.05) is 0 Å². The van der Waals surface area contributed by atoms with Crippen molar-refractivity contribution in [2.75, 3.05) is 0 Å². The minimum absolute atomic E-state index is 0.0273.